The summed E-state index contributed by atoms with van der Waals surface area (Å²) in [4.78, 5) is 0. The van der Waals surface area contributed by atoms with E-state index in [1.807, 2.05) is 0 Å². The molecule has 0 aliphatic rings. The summed E-state index contributed by atoms with van der Waals surface area (Å²) < 4.78 is 78.9. The van der Waals surface area contributed by atoms with Crippen molar-refractivity contribution in [3.8, 4) is 11.5 Å². The third-order valence-electron chi connectivity index (χ3n) is 1.61. The van der Waals surface area contributed by atoms with Gasteiger partial charge >= 0.3 is 12.7 Å². The lowest BCUT2D eigenvalue weighted by atomic mass is 10.2. The number of benzene rings is 1. The highest BCUT2D eigenvalue weighted by atomic mass is 79.9. The predicted octanol–water partition coefficient (Wildman–Crippen LogP) is 4.38. The molecule has 102 valence electrons. The maximum absolute atomic E-state index is 12.0. The van der Waals surface area contributed by atoms with Crippen LogP contribution in [0.2, 0.25) is 0 Å². The molecule has 0 saturated carbocycles. The van der Waals surface area contributed by atoms with Crippen LogP contribution in [0.5, 0.6) is 11.5 Å². The average molecular weight is 339 g/mol. The molecule has 0 atom stereocenters. The Morgan fingerprint density at radius 3 is 1.83 bits per heavy atom. The highest BCUT2D eigenvalue weighted by Gasteiger charge is 2.36. The first kappa shape index (κ1) is 14.9. The van der Waals surface area contributed by atoms with Crippen LogP contribution in [0.15, 0.2) is 18.2 Å². The second-order valence-electron chi connectivity index (χ2n) is 3.01. The fourth-order valence-corrected chi connectivity index (χ4v) is 1.40. The Balaban J connectivity index is 3.08. The molecule has 0 spiro atoms. The van der Waals surface area contributed by atoms with Gasteiger partial charge in [0, 0.05) is 5.33 Å². The van der Waals surface area contributed by atoms with E-state index in [1.54, 1.807) is 0 Å². The first-order chi connectivity index (χ1) is 8.11. The summed E-state index contributed by atoms with van der Waals surface area (Å²) in [6, 6.07) is 2.74. The molecule has 0 N–H and O–H groups in total. The first-order valence-corrected chi connectivity index (χ1v) is 5.43. The van der Waals surface area contributed by atoms with Crippen molar-refractivity contribution >= 4 is 15.9 Å². The molecular weight excluding hydrogens is 334 g/mol. The van der Waals surface area contributed by atoms with Gasteiger partial charge in [0.05, 0.1) is 0 Å². The van der Waals surface area contributed by atoms with Gasteiger partial charge in [0.15, 0.2) is 11.5 Å². The molecule has 0 aliphatic heterocycles. The largest absolute Gasteiger partial charge is 0.573 e. The minimum atomic E-state index is -5.10. The molecule has 0 heterocycles. The smallest absolute Gasteiger partial charge is 0.402 e. The van der Waals surface area contributed by atoms with Gasteiger partial charge in [-0.3, -0.25) is 0 Å². The number of hydrogen-bond donors (Lipinski definition) is 0. The standard InChI is InChI=1S/C9H5BrF6O2/c10-4-5-1-2-6(17-8(11,12)13)7(3-5)18-9(14,15)16/h1-3H,4H2. The van der Waals surface area contributed by atoms with Gasteiger partial charge in [0.25, 0.3) is 0 Å². The van der Waals surface area contributed by atoms with Gasteiger partial charge in [-0.1, -0.05) is 22.0 Å². The molecule has 0 unspecified atom stereocenters. The Bertz CT molecular complexity index is 414. The third kappa shape index (κ3) is 5.03. The van der Waals surface area contributed by atoms with Crippen LogP contribution < -0.4 is 9.47 Å². The summed E-state index contributed by atoms with van der Waals surface area (Å²) in [6.45, 7) is 0. The summed E-state index contributed by atoms with van der Waals surface area (Å²) in [6.07, 6.45) is -10.2. The van der Waals surface area contributed by atoms with Crippen molar-refractivity contribution in [3.63, 3.8) is 0 Å². The fraction of sp³-hybridized carbons (Fsp3) is 0.333. The van der Waals surface area contributed by atoms with E-state index < -0.39 is 24.2 Å². The highest BCUT2D eigenvalue weighted by molar-refractivity contribution is 9.08. The van der Waals surface area contributed by atoms with Crippen LogP contribution in [0, 0.1) is 0 Å². The maximum Gasteiger partial charge on any atom is 0.573 e. The molecule has 18 heavy (non-hydrogen) atoms. The number of rotatable bonds is 3. The minimum absolute atomic E-state index is 0.160. The van der Waals surface area contributed by atoms with E-state index in [1.165, 1.54) is 6.07 Å². The average Bonchev–Trinajstić information content (AvgIpc) is 2.16. The molecule has 9 heteroatoms. The Kier molecular flexibility index (Phi) is 4.36. The maximum atomic E-state index is 12.0. The van der Waals surface area contributed by atoms with Crippen molar-refractivity contribution in [2.45, 2.75) is 18.1 Å². The molecule has 1 rings (SSSR count). The van der Waals surface area contributed by atoms with Gasteiger partial charge in [0.2, 0.25) is 0 Å². The molecule has 0 aromatic heterocycles. The van der Waals surface area contributed by atoms with Crippen LogP contribution in [0.3, 0.4) is 0 Å². The molecule has 0 fully saturated rings. The van der Waals surface area contributed by atoms with E-state index in [0.717, 1.165) is 12.1 Å². The predicted molar refractivity (Wildman–Crippen MR) is 52.4 cm³/mol. The molecule has 0 aliphatic carbocycles. The van der Waals surface area contributed by atoms with Gasteiger partial charge in [0.1, 0.15) is 0 Å². The third-order valence-corrected chi connectivity index (χ3v) is 2.26. The molecule has 1 aromatic rings. The van der Waals surface area contributed by atoms with Gasteiger partial charge < -0.3 is 9.47 Å². The summed E-state index contributed by atoms with van der Waals surface area (Å²) in [5.74, 6) is -2.10. The fourth-order valence-electron chi connectivity index (χ4n) is 1.05. The molecule has 0 radical (unpaired) electrons. The Morgan fingerprint density at radius 1 is 0.889 bits per heavy atom. The highest BCUT2D eigenvalue weighted by Crippen LogP contribution is 2.36. The van der Waals surface area contributed by atoms with E-state index >= 15 is 0 Å². The van der Waals surface area contributed by atoms with Gasteiger partial charge in [-0.05, 0) is 17.7 Å². The second-order valence-corrected chi connectivity index (χ2v) is 3.57. The van der Waals surface area contributed by atoms with Crippen LogP contribution in [0.1, 0.15) is 5.56 Å². The van der Waals surface area contributed by atoms with E-state index in [2.05, 4.69) is 25.4 Å². The van der Waals surface area contributed by atoms with Crippen molar-refractivity contribution in [2.24, 2.45) is 0 Å². The minimum Gasteiger partial charge on any atom is -0.402 e. The molecule has 0 saturated heterocycles. The van der Waals surface area contributed by atoms with Crippen molar-refractivity contribution in [1.29, 1.82) is 0 Å². The van der Waals surface area contributed by atoms with Crippen molar-refractivity contribution < 1.29 is 35.8 Å². The Labute approximate surface area is 106 Å². The second kappa shape index (κ2) is 5.25. The van der Waals surface area contributed by atoms with Crippen LogP contribution in [0.25, 0.3) is 0 Å². The Hall–Kier alpha value is -1.12. The lowest BCUT2D eigenvalue weighted by molar-refractivity contribution is -0.287. The number of hydrogen-bond acceptors (Lipinski definition) is 2. The van der Waals surface area contributed by atoms with Crippen molar-refractivity contribution in [2.75, 3.05) is 0 Å². The first-order valence-electron chi connectivity index (χ1n) is 4.31. The summed E-state index contributed by atoms with van der Waals surface area (Å²) >= 11 is 2.96. The van der Waals surface area contributed by atoms with Crippen LogP contribution >= 0.6 is 15.9 Å². The monoisotopic (exact) mass is 338 g/mol. The van der Waals surface area contributed by atoms with Crippen molar-refractivity contribution in [1.82, 2.24) is 0 Å². The van der Waals surface area contributed by atoms with E-state index in [4.69, 9.17) is 0 Å². The molecule has 0 amide bonds. The Morgan fingerprint density at radius 2 is 1.39 bits per heavy atom. The topological polar surface area (TPSA) is 18.5 Å². The molecule has 0 bridgehead atoms. The number of alkyl halides is 7. The molecule has 2 nitrogen and oxygen atoms in total. The van der Waals surface area contributed by atoms with E-state index in [0.29, 0.717) is 5.56 Å². The zero-order valence-electron chi connectivity index (χ0n) is 8.40. The summed E-state index contributed by atoms with van der Waals surface area (Å²) in [7, 11) is 0. The zero-order valence-corrected chi connectivity index (χ0v) is 9.99. The normalized spacial score (nSPS) is 12.4. The lowest BCUT2D eigenvalue weighted by Crippen LogP contribution is -2.21. The lowest BCUT2D eigenvalue weighted by Gasteiger charge is -2.15. The van der Waals surface area contributed by atoms with Crippen molar-refractivity contribution in [3.05, 3.63) is 23.8 Å². The molecular formula is C9H5BrF6O2. The van der Waals surface area contributed by atoms with Gasteiger partial charge in [-0.2, -0.15) is 0 Å². The SMILES string of the molecule is FC(F)(F)Oc1ccc(CBr)cc1OC(F)(F)F. The van der Waals surface area contributed by atoms with Gasteiger partial charge in [-0.25, -0.2) is 0 Å². The van der Waals surface area contributed by atoms with Crippen LogP contribution in [-0.4, -0.2) is 12.7 Å². The summed E-state index contributed by atoms with van der Waals surface area (Å²) in [5.41, 5.74) is 0.309. The molecule has 1 aromatic carbocycles. The van der Waals surface area contributed by atoms with Crippen LogP contribution in [0.4, 0.5) is 26.3 Å². The number of ether oxygens (including phenoxy) is 2. The summed E-state index contributed by atoms with van der Waals surface area (Å²) in [5, 5.41) is 0.160. The van der Waals surface area contributed by atoms with E-state index in [-0.39, 0.29) is 5.33 Å². The quantitative estimate of drug-likeness (QED) is 0.601. The van der Waals surface area contributed by atoms with Crippen LogP contribution in [-0.2, 0) is 5.33 Å². The van der Waals surface area contributed by atoms with Gasteiger partial charge in [-0.15, -0.1) is 26.3 Å². The number of halogens is 7. The zero-order chi connectivity index (χ0) is 14.0. The van der Waals surface area contributed by atoms with E-state index in [9.17, 15) is 26.3 Å².